The van der Waals surface area contributed by atoms with Crippen LogP contribution in [0, 0.1) is 11.7 Å². The standard InChI is InChI=1S/C23H16BrClFNO2/c24-17-7-1-15(2-8-17)22(21-13-20(21)14-3-9-18(25)10-4-14)27-29-23(28)16-5-11-19(26)12-6-16/h1-12,20-21H,13H2/b27-22-/t20-,21+/m1/s1. The maximum Gasteiger partial charge on any atom is 0.365 e. The van der Waals surface area contributed by atoms with Crippen LogP contribution in [0.4, 0.5) is 4.39 Å². The minimum Gasteiger partial charge on any atom is -0.313 e. The van der Waals surface area contributed by atoms with Gasteiger partial charge in [0, 0.05) is 15.4 Å². The van der Waals surface area contributed by atoms with Gasteiger partial charge in [-0.25, -0.2) is 9.18 Å². The normalized spacial score (nSPS) is 18.4. The van der Waals surface area contributed by atoms with E-state index in [0.717, 1.165) is 16.5 Å². The summed E-state index contributed by atoms with van der Waals surface area (Å²) < 4.78 is 14.0. The molecule has 0 saturated heterocycles. The zero-order chi connectivity index (χ0) is 20.4. The lowest BCUT2D eigenvalue weighted by atomic mass is 10.0. The van der Waals surface area contributed by atoms with Gasteiger partial charge in [-0.3, -0.25) is 0 Å². The Morgan fingerprint density at radius 1 is 0.966 bits per heavy atom. The first-order valence-electron chi connectivity index (χ1n) is 9.07. The molecule has 0 aromatic heterocycles. The van der Waals surface area contributed by atoms with E-state index in [0.29, 0.717) is 16.7 Å². The van der Waals surface area contributed by atoms with Crippen molar-refractivity contribution in [1.29, 1.82) is 0 Å². The van der Waals surface area contributed by atoms with E-state index in [1.54, 1.807) is 0 Å². The predicted octanol–water partition coefficient (Wildman–Crippen LogP) is 6.61. The Balaban J connectivity index is 1.58. The molecule has 0 unspecified atom stereocenters. The molecule has 3 nitrogen and oxygen atoms in total. The maximum atomic E-state index is 13.1. The largest absolute Gasteiger partial charge is 0.365 e. The van der Waals surface area contributed by atoms with Crippen molar-refractivity contribution in [3.63, 3.8) is 0 Å². The molecule has 0 bridgehead atoms. The molecule has 3 aromatic rings. The molecule has 1 aliphatic carbocycles. The fraction of sp³-hybridized carbons (Fsp3) is 0.130. The van der Waals surface area contributed by atoms with Crippen LogP contribution >= 0.6 is 27.5 Å². The third-order valence-electron chi connectivity index (χ3n) is 4.89. The van der Waals surface area contributed by atoms with Gasteiger partial charge < -0.3 is 4.84 Å². The molecule has 0 heterocycles. The molecule has 29 heavy (non-hydrogen) atoms. The van der Waals surface area contributed by atoms with E-state index in [9.17, 15) is 9.18 Å². The molecule has 1 saturated carbocycles. The Hall–Kier alpha value is -2.50. The zero-order valence-electron chi connectivity index (χ0n) is 15.2. The van der Waals surface area contributed by atoms with Crippen molar-refractivity contribution >= 4 is 39.2 Å². The van der Waals surface area contributed by atoms with Crippen LogP contribution in [0.25, 0.3) is 0 Å². The molecule has 146 valence electrons. The van der Waals surface area contributed by atoms with Crippen molar-refractivity contribution in [3.05, 3.63) is 105 Å². The van der Waals surface area contributed by atoms with Gasteiger partial charge in [0.15, 0.2) is 0 Å². The van der Waals surface area contributed by atoms with E-state index >= 15 is 0 Å². The highest BCUT2D eigenvalue weighted by Gasteiger charge is 2.43. The maximum absolute atomic E-state index is 13.1. The van der Waals surface area contributed by atoms with Crippen LogP contribution in [0.1, 0.15) is 33.8 Å². The van der Waals surface area contributed by atoms with Crippen molar-refractivity contribution in [3.8, 4) is 0 Å². The molecule has 0 aliphatic heterocycles. The summed E-state index contributed by atoms with van der Waals surface area (Å²) >= 11 is 9.42. The zero-order valence-corrected chi connectivity index (χ0v) is 17.5. The van der Waals surface area contributed by atoms with Crippen LogP contribution in [0.5, 0.6) is 0 Å². The number of carbonyl (C=O) groups is 1. The molecule has 0 N–H and O–H groups in total. The summed E-state index contributed by atoms with van der Waals surface area (Å²) in [5, 5.41) is 4.91. The third-order valence-corrected chi connectivity index (χ3v) is 5.67. The van der Waals surface area contributed by atoms with Gasteiger partial charge >= 0.3 is 5.97 Å². The summed E-state index contributed by atoms with van der Waals surface area (Å²) in [6, 6.07) is 20.7. The van der Waals surface area contributed by atoms with Crippen molar-refractivity contribution in [1.82, 2.24) is 0 Å². The molecule has 0 radical (unpaired) electrons. The van der Waals surface area contributed by atoms with Gasteiger partial charge in [0.25, 0.3) is 0 Å². The fourth-order valence-corrected chi connectivity index (χ4v) is 3.65. The van der Waals surface area contributed by atoms with Gasteiger partial charge in [-0.05, 0) is 72.0 Å². The Morgan fingerprint density at radius 3 is 2.24 bits per heavy atom. The third kappa shape index (κ3) is 4.74. The smallest absolute Gasteiger partial charge is 0.313 e. The van der Waals surface area contributed by atoms with E-state index in [-0.39, 0.29) is 11.5 Å². The molecule has 0 amide bonds. The van der Waals surface area contributed by atoms with E-state index in [4.69, 9.17) is 16.4 Å². The molecular formula is C23H16BrClFNO2. The summed E-state index contributed by atoms with van der Waals surface area (Å²) in [6.45, 7) is 0. The van der Waals surface area contributed by atoms with Crippen LogP contribution in [-0.4, -0.2) is 11.7 Å². The highest BCUT2D eigenvalue weighted by atomic mass is 79.9. The number of nitrogens with zero attached hydrogens (tertiary/aromatic N) is 1. The second kappa shape index (κ2) is 8.47. The van der Waals surface area contributed by atoms with E-state index < -0.39 is 11.8 Å². The molecule has 1 fully saturated rings. The van der Waals surface area contributed by atoms with Crippen molar-refractivity contribution < 1.29 is 14.0 Å². The van der Waals surface area contributed by atoms with Crippen LogP contribution in [0.3, 0.4) is 0 Å². The summed E-state index contributed by atoms with van der Waals surface area (Å²) in [6.07, 6.45) is 0.907. The Kier molecular flexibility index (Phi) is 5.79. The number of benzene rings is 3. The quantitative estimate of drug-likeness (QED) is 0.238. The first kappa shape index (κ1) is 19.8. The second-order valence-electron chi connectivity index (χ2n) is 6.87. The van der Waals surface area contributed by atoms with Crippen LogP contribution < -0.4 is 0 Å². The van der Waals surface area contributed by atoms with Crippen LogP contribution in [0.2, 0.25) is 5.02 Å². The van der Waals surface area contributed by atoms with E-state index in [2.05, 4.69) is 21.1 Å². The first-order chi connectivity index (χ1) is 14.0. The number of rotatable bonds is 5. The van der Waals surface area contributed by atoms with Crippen molar-refractivity contribution in [2.24, 2.45) is 11.1 Å². The number of carbonyl (C=O) groups excluding carboxylic acids is 1. The molecule has 0 spiro atoms. The number of hydrogen-bond donors (Lipinski definition) is 0. The number of halogens is 3. The van der Waals surface area contributed by atoms with E-state index in [1.165, 1.54) is 29.8 Å². The minimum atomic E-state index is -0.622. The van der Waals surface area contributed by atoms with Crippen LogP contribution in [0.15, 0.2) is 82.4 Å². The Morgan fingerprint density at radius 2 is 1.59 bits per heavy atom. The predicted molar refractivity (Wildman–Crippen MR) is 115 cm³/mol. The van der Waals surface area contributed by atoms with Crippen molar-refractivity contribution in [2.75, 3.05) is 0 Å². The summed E-state index contributed by atoms with van der Waals surface area (Å²) in [5.74, 6) is -0.606. The molecule has 6 heteroatoms. The van der Waals surface area contributed by atoms with Gasteiger partial charge in [-0.1, -0.05) is 57.0 Å². The average Bonchev–Trinajstić information content (AvgIpc) is 3.51. The van der Waals surface area contributed by atoms with Crippen molar-refractivity contribution in [2.45, 2.75) is 12.3 Å². The second-order valence-corrected chi connectivity index (χ2v) is 8.22. The summed E-state index contributed by atoms with van der Waals surface area (Å²) in [5.41, 5.74) is 3.03. The van der Waals surface area contributed by atoms with Gasteiger partial charge in [0.05, 0.1) is 11.3 Å². The molecule has 4 rings (SSSR count). The SMILES string of the molecule is O=C(O/N=C(/c1ccc(Br)cc1)[C@H]1C[C@@H]1c1ccc(Cl)cc1)c1ccc(F)cc1. The lowest BCUT2D eigenvalue weighted by Crippen LogP contribution is -2.09. The highest BCUT2D eigenvalue weighted by molar-refractivity contribution is 9.10. The lowest BCUT2D eigenvalue weighted by molar-refractivity contribution is 0.0515. The number of hydrogen-bond acceptors (Lipinski definition) is 3. The van der Waals surface area contributed by atoms with Gasteiger partial charge in [-0.15, -0.1) is 0 Å². The van der Waals surface area contributed by atoms with Crippen LogP contribution in [-0.2, 0) is 4.84 Å². The fourth-order valence-electron chi connectivity index (χ4n) is 3.26. The average molecular weight is 473 g/mol. The first-order valence-corrected chi connectivity index (χ1v) is 10.2. The minimum absolute atomic E-state index is 0.137. The molecule has 3 aromatic carbocycles. The Bertz CT molecular complexity index is 1050. The molecule has 1 aliphatic rings. The van der Waals surface area contributed by atoms with E-state index in [1.807, 2.05) is 48.5 Å². The highest BCUT2D eigenvalue weighted by Crippen LogP contribution is 2.49. The van der Waals surface area contributed by atoms with Gasteiger partial charge in [0.1, 0.15) is 5.82 Å². The van der Waals surface area contributed by atoms with Gasteiger partial charge in [0.2, 0.25) is 0 Å². The molecular weight excluding hydrogens is 457 g/mol. The number of oxime groups is 1. The molecule has 2 atom stereocenters. The van der Waals surface area contributed by atoms with Gasteiger partial charge in [-0.2, -0.15) is 0 Å². The Labute approximate surface area is 181 Å². The summed E-state index contributed by atoms with van der Waals surface area (Å²) in [4.78, 5) is 17.5. The topological polar surface area (TPSA) is 38.7 Å². The monoisotopic (exact) mass is 471 g/mol. The lowest BCUT2D eigenvalue weighted by Gasteiger charge is -2.07. The summed E-state index contributed by atoms with van der Waals surface area (Å²) in [7, 11) is 0.